The van der Waals surface area contributed by atoms with E-state index >= 15 is 0 Å². The SMILES string of the molecule is Cc1ccc(S(=O)(=O)NC(C)(C)C)c(C)c1OC(F)F. The minimum Gasteiger partial charge on any atom is -0.434 e. The van der Waals surface area contributed by atoms with Crippen LogP contribution in [0.2, 0.25) is 0 Å². The lowest BCUT2D eigenvalue weighted by molar-refractivity contribution is -0.0509. The van der Waals surface area contributed by atoms with Gasteiger partial charge in [0.1, 0.15) is 5.75 Å². The molecule has 0 amide bonds. The van der Waals surface area contributed by atoms with Crippen molar-refractivity contribution in [2.24, 2.45) is 0 Å². The Hall–Kier alpha value is -1.21. The fraction of sp³-hybridized carbons (Fsp3) is 0.538. The van der Waals surface area contributed by atoms with E-state index in [1.807, 2.05) is 0 Å². The molecule has 0 saturated heterocycles. The molecule has 0 aliphatic rings. The normalized spacial score (nSPS) is 12.8. The summed E-state index contributed by atoms with van der Waals surface area (Å²) in [6.07, 6.45) is 0. The maximum atomic E-state index is 12.4. The first kappa shape index (κ1) is 16.8. The zero-order chi connectivity index (χ0) is 15.7. The predicted molar refractivity (Wildman–Crippen MR) is 72.6 cm³/mol. The maximum Gasteiger partial charge on any atom is 0.387 e. The summed E-state index contributed by atoms with van der Waals surface area (Å²) in [6, 6.07) is 2.83. The number of ether oxygens (including phenoxy) is 1. The Balaban J connectivity index is 3.34. The van der Waals surface area contributed by atoms with Crippen LogP contribution in [0.4, 0.5) is 8.78 Å². The van der Waals surface area contributed by atoms with Crippen LogP contribution in [0, 0.1) is 13.8 Å². The van der Waals surface area contributed by atoms with Gasteiger partial charge in [0.15, 0.2) is 0 Å². The van der Waals surface area contributed by atoms with Crippen LogP contribution in [0.1, 0.15) is 31.9 Å². The molecule has 114 valence electrons. The first-order chi connectivity index (χ1) is 8.94. The number of hydrogen-bond donors (Lipinski definition) is 1. The molecule has 1 aromatic carbocycles. The monoisotopic (exact) mass is 307 g/mol. The quantitative estimate of drug-likeness (QED) is 0.930. The highest BCUT2D eigenvalue weighted by atomic mass is 32.2. The van der Waals surface area contributed by atoms with Crippen molar-refractivity contribution in [3.63, 3.8) is 0 Å². The van der Waals surface area contributed by atoms with Gasteiger partial charge < -0.3 is 4.74 Å². The zero-order valence-electron chi connectivity index (χ0n) is 12.1. The Morgan fingerprint density at radius 2 is 1.75 bits per heavy atom. The molecule has 1 aromatic rings. The number of nitrogens with one attached hydrogen (secondary N) is 1. The van der Waals surface area contributed by atoms with Gasteiger partial charge in [0.25, 0.3) is 0 Å². The highest BCUT2D eigenvalue weighted by Gasteiger charge is 2.26. The van der Waals surface area contributed by atoms with Crippen molar-refractivity contribution in [2.45, 2.75) is 51.7 Å². The van der Waals surface area contributed by atoms with Crippen LogP contribution >= 0.6 is 0 Å². The molecular weight excluding hydrogens is 288 g/mol. The molecule has 0 aliphatic carbocycles. The van der Waals surface area contributed by atoms with E-state index in [4.69, 9.17) is 0 Å². The summed E-state index contributed by atoms with van der Waals surface area (Å²) < 4.78 is 56.2. The largest absolute Gasteiger partial charge is 0.434 e. The standard InChI is InChI=1S/C13H19F2NO3S/c1-8-6-7-10(9(2)11(8)19-12(14)15)20(17,18)16-13(3,4)5/h6-7,12,16H,1-5H3. The summed E-state index contributed by atoms with van der Waals surface area (Å²) in [6.45, 7) is 5.13. The van der Waals surface area contributed by atoms with Gasteiger partial charge in [-0.15, -0.1) is 0 Å². The Morgan fingerprint density at radius 3 is 2.20 bits per heavy atom. The second-order valence-electron chi connectivity index (χ2n) is 5.57. The Labute approximate surface area is 118 Å². The van der Waals surface area contributed by atoms with Crippen LogP contribution in [0.5, 0.6) is 5.75 Å². The van der Waals surface area contributed by atoms with Crippen molar-refractivity contribution in [2.75, 3.05) is 0 Å². The van der Waals surface area contributed by atoms with Crippen LogP contribution < -0.4 is 9.46 Å². The highest BCUT2D eigenvalue weighted by molar-refractivity contribution is 7.89. The number of benzene rings is 1. The smallest absolute Gasteiger partial charge is 0.387 e. The van der Waals surface area contributed by atoms with E-state index in [2.05, 4.69) is 9.46 Å². The van der Waals surface area contributed by atoms with Crippen LogP contribution in [0.3, 0.4) is 0 Å². The van der Waals surface area contributed by atoms with Gasteiger partial charge in [-0.05, 0) is 46.2 Å². The molecular formula is C13H19F2NO3S. The third-order valence-corrected chi connectivity index (χ3v) is 4.39. The molecule has 0 spiro atoms. The van der Waals surface area contributed by atoms with Crippen molar-refractivity contribution in [1.29, 1.82) is 0 Å². The Kier molecular flexibility index (Phi) is 4.76. The van der Waals surface area contributed by atoms with Crippen LogP contribution in [0.25, 0.3) is 0 Å². The summed E-state index contributed by atoms with van der Waals surface area (Å²) in [5.74, 6) is -0.100. The predicted octanol–water partition coefficient (Wildman–Crippen LogP) is 2.98. The summed E-state index contributed by atoms with van der Waals surface area (Å²) in [4.78, 5) is -0.0614. The van der Waals surface area contributed by atoms with Gasteiger partial charge in [0.2, 0.25) is 10.0 Å². The average molecular weight is 307 g/mol. The molecule has 0 aliphatic heterocycles. The van der Waals surface area contributed by atoms with Gasteiger partial charge in [-0.1, -0.05) is 6.07 Å². The lowest BCUT2D eigenvalue weighted by Gasteiger charge is -2.22. The van der Waals surface area contributed by atoms with Gasteiger partial charge in [-0.2, -0.15) is 8.78 Å². The van der Waals surface area contributed by atoms with Crippen LogP contribution in [-0.2, 0) is 10.0 Å². The van der Waals surface area contributed by atoms with Gasteiger partial charge in [0.05, 0.1) is 4.90 Å². The van der Waals surface area contributed by atoms with Gasteiger partial charge >= 0.3 is 6.61 Å². The number of sulfonamides is 1. The lowest BCUT2D eigenvalue weighted by Crippen LogP contribution is -2.40. The lowest BCUT2D eigenvalue weighted by atomic mass is 10.1. The van der Waals surface area contributed by atoms with E-state index in [-0.39, 0.29) is 16.2 Å². The van der Waals surface area contributed by atoms with Crippen molar-refractivity contribution in [3.8, 4) is 5.75 Å². The molecule has 0 unspecified atom stereocenters. The van der Waals surface area contributed by atoms with Crippen molar-refractivity contribution in [3.05, 3.63) is 23.3 Å². The van der Waals surface area contributed by atoms with E-state index in [9.17, 15) is 17.2 Å². The molecule has 20 heavy (non-hydrogen) atoms. The topological polar surface area (TPSA) is 55.4 Å². The second kappa shape index (κ2) is 5.65. The highest BCUT2D eigenvalue weighted by Crippen LogP contribution is 2.30. The second-order valence-corrected chi connectivity index (χ2v) is 7.22. The first-order valence-corrected chi connectivity index (χ1v) is 7.51. The molecule has 0 aromatic heterocycles. The Bertz CT molecular complexity index is 592. The summed E-state index contributed by atoms with van der Waals surface area (Å²) in [5, 5.41) is 0. The minimum absolute atomic E-state index is 0.0614. The zero-order valence-corrected chi connectivity index (χ0v) is 12.9. The van der Waals surface area contributed by atoms with E-state index in [0.29, 0.717) is 5.56 Å². The first-order valence-electron chi connectivity index (χ1n) is 6.03. The Morgan fingerprint density at radius 1 is 1.20 bits per heavy atom. The third kappa shape index (κ3) is 4.14. The number of alkyl halides is 2. The summed E-state index contributed by atoms with van der Waals surface area (Å²) >= 11 is 0. The number of rotatable bonds is 4. The van der Waals surface area contributed by atoms with Crippen LogP contribution in [-0.4, -0.2) is 20.6 Å². The molecule has 0 bridgehead atoms. The maximum absolute atomic E-state index is 12.4. The molecule has 0 heterocycles. The number of hydrogen-bond acceptors (Lipinski definition) is 3. The number of aryl methyl sites for hydroxylation is 1. The number of halogens is 2. The molecule has 7 heteroatoms. The molecule has 0 saturated carbocycles. The van der Waals surface area contributed by atoms with Gasteiger partial charge in [-0.25, -0.2) is 13.1 Å². The molecule has 4 nitrogen and oxygen atoms in total. The van der Waals surface area contributed by atoms with E-state index in [0.717, 1.165) is 0 Å². The van der Waals surface area contributed by atoms with Crippen molar-refractivity contribution < 1.29 is 21.9 Å². The van der Waals surface area contributed by atoms with Gasteiger partial charge in [0, 0.05) is 11.1 Å². The van der Waals surface area contributed by atoms with Crippen molar-refractivity contribution in [1.82, 2.24) is 4.72 Å². The van der Waals surface area contributed by atoms with E-state index in [1.165, 1.54) is 19.1 Å². The molecule has 0 atom stereocenters. The molecule has 1 N–H and O–H groups in total. The van der Waals surface area contributed by atoms with Crippen molar-refractivity contribution >= 4 is 10.0 Å². The summed E-state index contributed by atoms with van der Waals surface area (Å²) in [5.41, 5.74) is -0.0422. The summed E-state index contributed by atoms with van der Waals surface area (Å²) in [7, 11) is -3.80. The molecule has 1 rings (SSSR count). The fourth-order valence-corrected chi connectivity index (χ4v) is 3.49. The average Bonchev–Trinajstić information content (AvgIpc) is 2.19. The molecule has 0 radical (unpaired) electrons. The third-order valence-electron chi connectivity index (χ3n) is 2.49. The minimum atomic E-state index is -3.80. The molecule has 0 fully saturated rings. The fourth-order valence-electron chi connectivity index (χ4n) is 1.83. The van der Waals surface area contributed by atoms with E-state index < -0.39 is 22.2 Å². The van der Waals surface area contributed by atoms with Crippen LogP contribution in [0.15, 0.2) is 17.0 Å². The van der Waals surface area contributed by atoms with Gasteiger partial charge in [-0.3, -0.25) is 0 Å². The van der Waals surface area contributed by atoms with E-state index in [1.54, 1.807) is 27.7 Å².